The summed E-state index contributed by atoms with van der Waals surface area (Å²) in [5, 5.41) is 1.74. The Morgan fingerprint density at radius 2 is 0.935 bits per heavy atom. The SMILES string of the molecule is COc1cc(C(C)(C)C)c2op(Oc3c(-c4ccccc4)cccc3-c3ccccc3)oc3c(C(C)(C)C)cc(OC)cc3c2c1. The molecule has 6 heteroatoms. The zero-order valence-corrected chi connectivity index (χ0v) is 28.7. The molecular weight excluding hydrogens is 591 g/mol. The number of rotatable bonds is 6. The molecule has 0 bridgehead atoms. The van der Waals surface area contributed by atoms with Gasteiger partial charge < -0.3 is 22.4 Å². The zero-order valence-electron chi connectivity index (χ0n) is 27.8. The highest BCUT2D eigenvalue weighted by atomic mass is 31.1. The van der Waals surface area contributed by atoms with Crippen LogP contribution in [0.3, 0.4) is 0 Å². The van der Waals surface area contributed by atoms with Crippen LogP contribution < -0.4 is 14.0 Å². The Morgan fingerprint density at radius 1 is 0.522 bits per heavy atom. The molecule has 6 rings (SSSR count). The first-order chi connectivity index (χ1) is 22.0. The summed E-state index contributed by atoms with van der Waals surface area (Å²) in [5.41, 5.74) is 6.87. The first-order valence-electron chi connectivity index (χ1n) is 15.5. The van der Waals surface area contributed by atoms with Crippen LogP contribution in [0.25, 0.3) is 44.2 Å². The number of benzene rings is 5. The van der Waals surface area contributed by atoms with Crippen LogP contribution in [0.2, 0.25) is 0 Å². The number of hydrogen-bond acceptors (Lipinski definition) is 5. The lowest BCUT2D eigenvalue weighted by Gasteiger charge is -2.21. The van der Waals surface area contributed by atoms with Crippen molar-refractivity contribution in [2.75, 3.05) is 14.2 Å². The van der Waals surface area contributed by atoms with Crippen LogP contribution >= 0.6 is 8.24 Å². The second-order valence-corrected chi connectivity index (χ2v) is 14.5. The fourth-order valence-corrected chi connectivity index (χ4v) is 6.91. The minimum atomic E-state index is -2.00. The molecule has 0 aliphatic carbocycles. The summed E-state index contributed by atoms with van der Waals surface area (Å²) in [6.45, 7) is 13.0. The van der Waals surface area contributed by atoms with Crippen molar-refractivity contribution < 1.29 is 22.4 Å². The largest absolute Gasteiger partial charge is 0.497 e. The van der Waals surface area contributed by atoms with Crippen molar-refractivity contribution in [2.45, 2.75) is 52.4 Å². The summed E-state index contributed by atoms with van der Waals surface area (Å²) in [6.07, 6.45) is 0. The predicted octanol–water partition coefficient (Wildman–Crippen LogP) is 12.1. The van der Waals surface area contributed by atoms with Crippen molar-refractivity contribution in [2.24, 2.45) is 0 Å². The molecule has 1 heterocycles. The van der Waals surface area contributed by atoms with Gasteiger partial charge in [0.15, 0.2) is 5.75 Å². The third-order valence-corrected chi connectivity index (χ3v) is 9.18. The van der Waals surface area contributed by atoms with E-state index >= 15 is 0 Å². The molecule has 0 spiro atoms. The average molecular weight is 633 g/mol. The van der Waals surface area contributed by atoms with Gasteiger partial charge in [-0.05, 0) is 46.2 Å². The zero-order chi connectivity index (χ0) is 32.6. The highest BCUT2D eigenvalue weighted by Crippen LogP contribution is 2.48. The number of fused-ring (bicyclic) bond motifs is 3. The summed E-state index contributed by atoms with van der Waals surface area (Å²) in [7, 11) is 1.39. The maximum atomic E-state index is 7.03. The second kappa shape index (κ2) is 12.3. The van der Waals surface area contributed by atoms with Gasteiger partial charge in [0.05, 0.1) is 14.2 Å². The van der Waals surface area contributed by atoms with Gasteiger partial charge in [-0.3, -0.25) is 0 Å². The molecule has 46 heavy (non-hydrogen) atoms. The van der Waals surface area contributed by atoms with Crippen LogP contribution in [-0.4, -0.2) is 14.2 Å². The minimum absolute atomic E-state index is 0.271. The van der Waals surface area contributed by atoms with Crippen LogP contribution in [0.4, 0.5) is 0 Å². The number of methoxy groups -OCH3 is 2. The lowest BCUT2D eigenvalue weighted by atomic mass is 9.84. The molecule has 0 unspecified atom stereocenters. The van der Waals surface area contributed by atoms with Gasteiger partial charge in [-0.15, -0.1) is 0 Å². The summed E-state index contributed by atoms with van der Waals surface area (Å²) < 4.78 is 32.6. The van der Waals surface area contributed by atoms with E-state index in [0.717, 1.165) is 55.7 Å². The second-order valence-electron chi connectivity index (χ2n) is 13.5. The number of ether oxygens (including phenoxy) is 2. The van der Waals surface area contributed by atoms with E-state index in [-0.39, 0.29) is 10.8 Å². The van der Waals surface area contributed by atoms with E-state index in [9.17, 15) is 0 Å². The van der Waals surface area contributed by atoms with Crippen molar-refractivity contribution >= 4 is 30.2 Å². The normalized spacial score (nSPS) is 11.9. The van der Waals surface area contributed by atoms with Gasteiger partial charge in [0.25, 0.3) is 0 Å². The Labute approximate surface area is 272 Å². The highest BCUT2D eigenvalue weighted by Gasteiger charge is 2.27. The number of hydrogen-bond donors (Lipinski definition) is 0. The third kappa shape index (κ3) is 6.12. The van der Waals surface area contributed by atoms with Gasteiger partial charge in [-0.2, -0.15) is 0 Å². The van der Waals surface area contributed by atoms with Crippen molar-refractivity contribution in [3.63, 3.8) is 0 Å². The minimum Gasteiger partial charge on any atom is -0.497 e. The summed E-state index contributed by atoms with van der Waals surface area (Å²) in [5.74, 6) is 2.19. The molecule has 236 valence electrons. The molecule has 5 nitrogen and oxygen atoms in total. The van der Waals surface area contributed by atoms with Crippen molar-refractivity contribution in [3.8, 4) is 39.5 Å². The smallest absolute Gasteiger partial charge is 0.453 e. The van der Waals surface area contributed by atoms with Crippen LogP contribution in [-0.2, 0) is 10.8 Å². The predicted molar refractivity (Wildman–Crippen MR) is 190 cm³/mol. The van der Waals surface area contributed by atoms with Crippen molar-refractivity contribution in [1.82, 2.24) is 0 Å². The topological polar surface area (TPSA) is 54.0 Å². The molecule has 0 N–H and O–H groups in total. The molecular formula is C40H41O5P. The highest BCUT2D eigenvalue weighted by molar-refractivity contribution is 7.32. The first-order valence-corrected chi connectivity index (χ1v) is 16.6. The maximum absolute atomic E-state index is 7.03. The summed E-state index contributed by atoms with van der Waals surface area (Å²) in [6, 6.07) is 35.0. The number of para-hydroxylation sites is 1. The molecule has 0 aliphatic heterocycles. The van der Waals surface area contributed by atoms with Gasteiger partial charge in [-0.1, -0.05) is 120 Å². The molecule has 0 radical (unpaired) electrons. The van der Waals surface area contributed by atoms with Gasteiger partial charge in [0.1, 0.15) is 22.7 Å². The molecule has 0 fully saturated rings. The van der Waals surface area contributed by atoms with Crippen LogP contribution in [0, 0.1) is 0 Å². The lowest BCUT2D eigenvalue weighted by Crippen LogP contribution is -2.12. The Balaban J connectivity index is 1.76. The Kier molecular flexibility index (Phi) is 8.39. The van der Waals surface area contributed by atoms with Crippen molar-refractivity contribution in [3.05, 3.63) is 114 Å². The van der Waals surface area contributed by atoms with E-state index in [4.69, 9.17) is 22.4 Å². The van der Waals surface area contributed by atoms with E-state index in [2.05, 4.69) is 96.1 Å². The van der Waals surface area contributed by atoms with Gasteiger partial charge in [-0.25, -0.2) is 0 Å². The van der Waals surface area contributed by atoms with Crippen LogP contribution in [0.5, 0.6) is 17.2 Å². The van der Waals surface area contributed by atoms with E-state index < -0.39 is 8.24 Å². The maximum Gasteiger partial charge on any atom is 0.453 e. The quantitative estimate of drug-likeness (QED) is 0.183. The first kappa shape index (κ1) is 31.4. The Bertz CT molecular complexity index is 1910. The van der Waals surface area contributed by atoms with Gasteiger partial charge >= 0.3 is 8.24 Å². The summed E-state index contributed by atoms with van der Waals surface area (Å²) >= 11 is 0. The molecule has 0 saturated heterocycles. The molecule has 0 saturated carbocycles. The van der Waals surface area contributed by atoms with Crippen LogP contribution in [0.15, 0.2) is 112 Å². The van der Waals surface area contributed by atoms with Crippen LogP contribution in [0.1, 0.15) is 52.7 Å². The summed E-state index contributed by atoms with van der Waals surface area (Å²) in [4.78, 5) is 0. The van der Waals surface area contributed by atoms with E-state index in [1.54, 1.807) is 14.2 Å². The Hall–Kier alpha value is -4.60. The van der Waals surface area contributed by atoms with Gasteiger partial charge in [0, 0.05) is 33.0 Å². The van der Waals surface area contributed by atoms with Gasteiger partial charge in [0.2, 0.25) is 0 Å². The molecule has 5 aromatic carbocycles. The fraction of sp³-hybridized carbons (Fsp3) is 0.250. The average Bonchev–Trinajstić information content (AvgIpc) is 3.19. The van der Waals surface area contributed by atoms with E-state index in [1.165, 1.54) is 0 Å². The molecule has 6 aromatic rings. The van der Waals surface area contributed by atoms with Crippen molar-refractivity contribution in [1.29, 1.82) is 0 Å². The molecule has 0 amide bonds. The lowest BCUT2D eigenvalue weighted by molar-refractivity contribution is 0.413. The van der Waals surface area contributed by atoms with E-state index in [1.807, 2.05) is 48.5 Å². The Morgan fingerprint density at radius 3 is 1.30 bits per heavy atom. The third-order valence-electron chi connectivity index (χ3n) is 8.18. The fourth-order valence-electron chi connectivity index (χ4n) is 5.76. The van der Waals surface area contributed by atoms with E-state index in [0.29, 0.717) is 16.9 Å². The monoisotopic (exact) mass is 632 g/mol. The molecule has 0 aliphatic rings. The molecule has 1 aromatic heterocycles. The molecule has 0 atom stereocenters. The standard InChI is InChI=1S/C40H41O5P/c1-39(2,3)34-24-28(41-7)22-32-33-23-29(42-8)25-35(40(4,5)6)38(33)45-46(44-37(32)34)43-36-30(26-16-11-9-12-17-26)20-15-21-31(36)27-18-13-10-14-19-27/h9-25H,1-8H3.